The highest BCUT2D eigenvalue weighted by Gasteiger charge is 2.04. The number of para-hydroxylation sites is 1. The molecule has 5 heteroatoms. The molecule has 2 aromatic rings. The number of benzene rings is 1. The molecule has 1 atom stereocenters. The van der Waals surface area contributed by atoms with Crippen molar-refractivity contribution in [2.75, 3.05) is 0 Å². The van der Waals surface area contributed by atoms with Gasteiger partial charge in [0.15, 0.2) is 0 Å². The molecule has 2 rings (SSSR count). The summed E-state index contributed by atoms with van der Waals surface area (Å²) < 4.78 is 23.5. The molecule has 1 aromatic carbocycles. The number of rotatable bonds is 1. The Kier molecular flexibility index (Phi) is 2.23. The van der Waals surface area contributed by atoms with E-state index >= 15 is 0 Å². The molecule has 13 heavy (non-hydrogen) atoms. The number of nitrogens with zero attached hydrogens (tertiary/aromatic N) is 1. The first kappa shape index (κ1) is 8.93. The van der Waals surface area contributed by atoms with Gasteiger partial charge < -0.3 is 4.55 Å². The Balaban J connectivity index is 2.85. The number of fused-ring (bicyclic) bond motifs is 1. The first-order valence-corrected chi connectivity index (χ1v) is 5.38. The van der Waals surface area contributed by atoms with E-state index in [9.17, 15) is 8.76 Å². The molecule has 1 aromatic heterocycles. The van der Waals surface area contributed by atoms with Gasteiger partial charge in [0, 0.05) is 16.1 Å². The van der Waals surface area contributed by atoms with Gasteiger partial charge in [-0.2, -0.15) is 0 Å². The molecule has 3 nitrogen and oxygen atoms in total. The van der Waals surface area contributed by atoms with Crippen LogP contribution in [-0.4, -0.2) is 12.7 Å². The molecule has 0 aliphatic heterocycles. The van der Waals surface area contributed by atoms with Crippen LogP contribution >= 0.6 is 15.9 Å². The zero-order valence-corrected chi connectivity index (χ0v) is 8.84. The maximum atomic E-state index is 10.8. The van der Waals surface area contributed by atoms with E-state index in [0.717, 1.165) is 9.86 Å². The second-order valence-corrected chi connectivity index (χ2v) is 4.22. The topological polar surface area (TPSA) is 45.1 Å². The van der Waals surface area contributed by atoms with Gasteiger partial charge in [-0.05, 0) is 22.0 Å². The number of hydrogen-bond donors (Lipinski definition) is 0. The van der Waals surface area contributed by atoms with Crippen LogP contribution < -0.4 is 0 Å². The normalized spacial score (nSPS) is 13.4. The first-order valence-electron chi connectivity index (χ1n) is 3.55. The van der Waals surface area contributed by atoms with Crippen molar-refractivity contribution in [2.45, 2.75) is 0 Å². The van der Waals surface area contributed by atoms with Crippen molar-refractivity contribution in [1.29, 1.82) is 0 Å². The summed E-state index contributed by atoms with van der Waals surface area (Å²) in [5.74, 6) is 0. The SMILES string of the molecule is O=S([O-])n1cc(Br)c2ccccc21. The highest BCUT2D eigenvalue weighted by atomic mass is 79.9. The number of halogens is 1. The largest absolute Gasteiger partial charge is 0.755 e. The van der Waals surface area contributed by atoms with Gasteiger partial charge in [0.05, 0.1) is 16.8 Å². The molecule has 0 amide bonds. The fourth-order valence-electron chi connectivity index (χ4n) is 1.23. The fraction of sp³-hybridized carbons (Fsp3) is 0. The standard InChI is InChI=1S/C8H6BrNO2S/c9-7-5-10(13(11)12)8-4-2-1-3-6(7)8/h1-5H,(H,11,12)/p-1. The molecule has 0 bridgehead atoms. The van der Waals surface area contributed by atoms with Crippen LogP contribution in [-0.2, 0) is 11.3 Å². The summed E-state index contributed by atoms with van der Waals surface area (Å²) >= 11 is 1.05. The Hall–Kier alpha value is -0.650. The van der Waals surface area contributed by atoms with E-state index in [1.54, 1.807) is 12.1 Å². The third-order valence-corrected chi connectivity index (χ3v) is 3.05. The quantitative estimate of drug-likeness (QED) is 0.735. The van der Waals surface area contributed by atoms with Gasteiger partial charge in [0.25, 0.3) is 0 Å². The van der Waals surface area contributed by atoms with E-state index in [-0.39, 0.29) is 0 Å². The molecule has 0 fully saturated rings. The molecular weight excluding hydrogens is 254 g/mol. The molecule has 0 aliphatic rings. The van der Waals surface area contributed by atoms with Crippen molar-refractivity contribution in [1.82, 2.24) is 3.97 Å². The highest BCUT2D eigenvalue weighted by Crippen LogP contribution is 2.25. The van der Waals surface area contributed by atoms with E-state index in [0.29, 0.717) is 5.52 Å². The molecule has 0 saturated heterocycles. The maximum Gasteiger partial charge on any atom is 0.0615 e. The van der Waals surface area contributed by atoms with E-state index in [1.165, 1.54) is 10.2 Å². The second kappa shape index (κ2) is 3.25. The predicted octanol–water partition coefficient (Wildman–Crippen LogP) is 2.05. The molecule has 1 unspecified atom stereocenters. The van der Waals surface area contributed by atoms with Crippen LogP contribution in [0.1, 0.15) is 0 Å². The lowest BCUT2D eigenvalue weighted by molar-refractivity contribution is 0.529. The summed E-state index contributed by atoms with van der Waals surface area (Å²) in [4.78, 5) is 0. The van der Waals surface area contributed by atoms with Crippen LogP contribution in [0.4, 0.5) is 0 Å². The van der Waals surface area contributed by atoms with Crippen molar-refractivity contribution in [3.8, 4) is 0 Å². The Morgan fingerprint density at radius 1 is 1.38 bits per heavy atom. The smallest absolute Gasteiger partial charge is 0.0615 e. The van der Waals surface area contributed by atoms with Gasteiger partial charge in [-0.3, -0.25) is 8.18 Å². The van der Waals surface area contributed by atoms with Crippen molar-refractivity contribution >= 4 is 38.1 Å². The van der Waals surface area contributed by atoms with Crippen LogP contribution in [0.5, 0.6) is 0 Å². The Bertz CT molecular complexity index is 480. The average molecular weight is 259 g/mol. The fourth-order valence-corrected chi connectivity index (χ4v) is 2.42. The van der Waals surface area contributed by atoms with E-state index < -0.39 is 11.3 Å². The summed E-state index contributed by atoms with van der Waals surface area (Å²) in [6.45, 7) is 0. The van der Waals surface area contributed by atoms with Crippen LogP contribution in [0.25, 0.3) is 10.9 Å². The van der Waals surface area contributed by atoms with Gasteiger partial charge in [0.2, 0.25) is 0 Å². The Morgan fingerprint density at radius 3 is 2.77 bits per heavy atom. The monoisotopic (exact) mass is 258 g/mol. The average Bonchev–Trinajstić information content (AvgIpc) is 2.45. The molecule has 0 N–H and O–H groups in total. The van der Waals surface area contributed by atoms with Gasteiger partial charge in [0.1, 0.15) is 0 Å². The lowest BCUT2D eigenvalue weighted by atomic mass is 10.3. The minimum Gasteiger partial charge on any atom is -0.755 e. The summed E-state index contributed by atoms with van der Waals surface area (Å²) in [5.41, 5.74) is 0.683. The van der Waals surface area contributed by atoms with Crippen LogP contribution in [0.3, 0.4) is 0 Å². The summed E-state index contributed by atoms with van der Waals surface area (Å²) in [5, 5.41) is 0.895. The van der Waals surface area contributed by atoms with Gasteiger partial charge in [-0.25, -0.2) is 0 Å². The van der Waals surface area contributed by atoms with Crippen molar-refractivity contribution in [2.24, 2.45) is 0 Å². The predicted molar refractivity (Wildman–Crippen MR) is 54.0 cm³/mol. The molecule has 68 valence electrons. The summed E-state index contributed by atoms with van der Waals surface area (Å²) in [6.07, 6.45) is 1.54. The number of hydrogen-bond acceptors (Lipinski definition) is 2. The third-order valence-electron chi connectivity index (χ3n) is 1.79. The second-order valence-electron chi connectivity index (χ2n) is 2.54. The van der Waals surface area contributed by atoms with Gasteiger partial charge in [-0.1, -0.05) is 18.2 Å². The lowest BCUT2D eigenvalue weighted by Crippen LogP contribution is -1.99. The zero-order valence-electron chi connectivity index (χ0n) is 6.44. The molecule has 0 spiro atoms. The zero-order chi connectivity index (χ0) is 9.42. The molecule has 1 heterocycles. The lowest BCUT2D eigenvalue weighted by Gasteiger charge is -2.06. The molecule has 0 aliphatic carbocycles. The third kappa shape index (κ3) is 1.43. The summed E-state index contributed by atoms with van der Waals surface area (Å²) in [6, 6.07) is 7.29. The minimum atomic E-state index is -2.25. The van der Waals surface area contributed by atoms with Crippen LogP contribution in [0.2, 0.25) is 0 Å². The van der Waals surface area contributed by atoms with Gasteiger partial charge in [-0.15, -0.1) is 0 Å². The van der Waals surface area contributed by atoms with Crippen molar-refractivity contribution in [3.05, 3.63) is 34.9 Å². The van der Waals surface area contributed by atoms with Crippen LogP contribution in [0, 0.1) is 0 Å². The molecule has 0 radical (unpaired) electrons. The number of aromatic nitrogens is 1. The molecular formula is C8H5BrNO2S-. The van der Waals surface area contributed by atoms with E-state index in [1.807, 2.05) is 12.1 Å². The Morgan fingerprint density at radius 2 is 2.08 bits per heavy atom. The molecule has 0 saturated carbocycles. The maximum absolute atomic E-state index is 10.8. The van der Waals surface area contributed by atoms with Crippen molar-refractivity contribution < 1.29 is 8.76 Å². The minimum absolute atomic E-state index is 0.683. The van der Waals surface area contributed by atoms with Gasteiger partial charge >= 0.3 is 0 Å². The first-order chi connectivity index (χ1) is 6.20. The summed E-state index contributed by atoms with van der Waals surface area (Å²) in [7, 11) is 0. The highest BCUT2D eigenvalue weighted by molar-refractivity contribution is 9.10. The van der Waals surface area contributed by atoms with E-state index in [4.69, 9.17) is 0 Å². The Labute approximate surface area is 85.9 Å². The van der Waals surface area contributed by atoms with Crippen molar-refractivity contribution in [3.63, 3.8) is 0 Å². The van der Waals surface area contributed by atoms with E-state index in [2.05, 4.69) is 15.9 Å². The van der Waals surface area contributed by atoms with Crippen LogP contribution in [0.15, 0.2) is 34.9 Å².